The van der Waals surface area contributed by atoms with Crippen molar-refractivity contribution in [2.45, 2.75) is 20.8 Å². The molecule has 26 heavy (non-hydrogen) atoms. The van der Waals surface area contributed by atoms with Crippen molar-refractivity contribution in [1.29, 1.82) is 0 Å². The molecular weight excluding hydrogens is 383 g/mol. The van der Waals surface area contributed by atoms with Crippen LogP contribution in [-0.2, 0) is 19.1 Å². The van der Waals surface area contributed by atoms with Gasteiger partial charge in [-0.2, -0.15) is 0 Å². The Bertz CT molecular complexity index is 714. The molecule has 9 heteroatoms. The summed E-state index contributed by atoms with van der Waals surface area (Å²) in [7, 11) is 0. The topological polar surface area (TPSA) is 102 Å². The molecule has 1 rings (SSSR count). The molecule has 0 unspecified atom stereocenters. The lowest BCUT2D eigenvalue weighted by Crippen LogP contribution is -2.40. The lowest BCUT2D eigenvalue weighted by molar-refractivity contribution is -0.149. The Morgan fingerprint density at radius 1 is 1.04 bits per heavy atom. The van der Waals surface area contributed by atoms with E-state index in [1.165, 1.54) is 18.2 Å². The highest BCUT2D eigenvalue weighted by molar-refractivity contribution is 6.36. The van der Waals surface area contributed by atoms with E-state index in [9.17, 15) is 19.2 Å². The Balaban J connectivity index is 2.35. The molecule has 0 aromatic heterocycles. The average Bonchev–Trinajstić information content (AvgIpc) is 2.54. The van der Waals surface area contributed by atoms with Crippen molar-refractivity contribution in [3.63, 3.8) is 0 Å². The zero-order valence-electron chi connectivity index (χ0n) is 14.7. The zero-order chi connectivity index (χ0) is 19.9. The van der Waals surface area contributed by atoms with E-state index < -0.39 is 29.7 Å². The number of hydrogen-bond acceptors (Lipinski definition) is 5. The zero-order valence-corrected chi connectivity index (χ0v) is 16.2. The Morgan fingerprint density at radius 3 is 2.27 bits per heavy atom. The van der Waals surface area contributed by atoms with Crippen molar-refractivity contribution >= 4 is 46.8 Å². The van der Waals surface area contributed by atoms with E-state index in [1.54, 1.807) is 20.8 Å². The molecule has 0 atom stereocenters. The van der Waals surface area contributed by atoms with Gasteiger partial charge in [0.2, 0.25) is 5.91 Å². The smallest absolute Gasteiger partial charge is 0.325 e. The summed E-state index contributed by atoms with van der Waals surface area (Å²) in [6.07, 6.45) is 0. The molecule has 142 valence electrons. The van der Waals surface area contributed by atoms with Crippen LogP contribution < -0.4 is 10.6 Å². The standard InChI is InChI=1S/C17H20Cl2N2O5/c1-17(2,3)13(22)9-26-15(24)8-20-14(23)7-21-16(25)11-5-4-10(18)6-12(11)19/h4-6H,7-9H2,1-3H3,(H,20,23)(H,21,25). The van der Waals surface area contributed by atoms with Crippen LogP contribution in [0.2, 0.25) is 10.0 Å². The molecule has 0 saturated heterocycles. The Labute approximate surface area is 161 Å². The number of Topliss-reactive ketones (excluding diaryl/α,β-unsaturated/α-hetero) is 1. The first-order valence-electron chi connectivity index (χ1n) is 7.69. The van der Waals surface area contributed by atoms with Gasteiger partial charge in [0.05, 0.1) is 17.1 Å². The predicted octanol–water partition coefficient (Wildman–Crippen LogP) is 2.00. The third-order valence-corrected chi connectivity index (χ3v) is 3.76. The van der Waals surface area contributed by atoms with Gasteiger partial charge in [-0.25, -0.2) is 0 Å². The van der Waals surface area contributed by atoms with Crippen LogP contribution in [0.3, 0.4) is 0 Å². The number of carbonyl (C=O) groups is 4. The maximum absolute atomic E-state index is 11.9. The summed E-state index contributed by atoms with van der Waals surface area (Å²) in [5.74, 6) is -2.13. The van der Waals surface area contributed by atoms with Crippen molar-refractivity contribution in [3.8, 4) is 0 Å². The maximum atomic E-state index is 11.9. The monoisotopic (exact) mass is 402 g/mol. The van der Waals surface area contributed by atoms with Crippen LogP contribution >= 0.6 is 23.2 Å². The van der Waals surface area contributed by atoms with E-state index >= 15 is 0 Å². The van der Waals surface area contributed by atoms with Gasteiger partial charge in [0.25, 0.3) is 5.91 Å². The number of ketones is 1. The van der Waals surface area contributed by atoms with Gasteiger partial charge < -0.3 is 15.4 Å². The van der Waals surface area contributed by atoms with Crippen LogP contribution in [-0.4, -0.2) is 43.3 Å². The van der Waals surface area contributed by atoms with Crippen molar-refractivity contribution in [2.24, 2.45) is 5.41 Å². The quantitative estimate of drug-likeness (QED) is 0.679. The van der Waals surface area contributed by atoms with Crippen molar-refractivity contribution in [2.75, 3.05) is 19.7 Å². The van der Waals surface area contributed by atoms with Crippen LogP contribution in [0.4, 0.5) is 0 Å². The largest absolute Gasteiger partial charge is 0.456 e. The lowest BCUT2D eigenvalue weighted by Gasteiger charge is -2.16. The summed E-state index contributed by atoms with van der Waals surface area (Å²) < 4.78 is 4.78. The molecule has 0 aliphatic carbocycles. The highest BCUT2D eigenvalue weighted by atomic mass is 35.5. The van der Waals surface area contributed by atoms with E-state index in [1.807, 2.05) is 0 Å². The number of benzene rings is 1. The van der Waals surface area contributed by atoms with Gasteiger partial charge in [-0.1, -0.05) is 44.0 Å². The van der Waals surface area contributed by atoms with E-state index in [4.69, 9.17) is 27.9 Å². The molecule has 7 nitrogen and oxygen atoms in total. The predicted molar refractivity (Wildman–Crippen MR) is 97.2 cm³/mol. The van der Waals surface area contributed by atoms with Gasteiger partial charge >= 0.3 is 5.97 Å². The first kappa shape index (κ1) is 21.9. The molecule has 0 fully saturated rings. The summed E-state index contributed by atoms with van der Waals surface area (Å²) in [5, 5.41) is 5.19. The fourth-order valence-electron chi connectivity index (χ4n) is 1.58. The molecular formula is C17H20Cl2N2O5. The number of carbonyl (C=O) groups excluding carboxylic acids is 4. The van der Waals surface area contributed by atoms with Crippen LogP contribution in [0, 0.1) is 5.41 Å². The van der Waals surface area contributed by atoms with Crippen molar-refractivity contribution in [3.05, 3.63) is 33.8 Å². The third-order valence-electron chi connectivity index (χ3n) is 3.22. The molecule has 0 aliphatic heterocycles. The van der Waals surface area contributed by atoms with Gasteiger partial charge in [0, 0.05) is 10.4 Å². The minimum Gasteiger partial charge on any atom is -0.456 e. The minimum atomic E-state index is -0.747. The number of amides is 2. The second-order valence-electron chi connectivity index (χ2n) is 6.42. The second-order valence-corrected chi connectivity index (χ2v) is 7.26. The fourth-order valence-corrected chi connectivity index (χ4v) is 2.07. The summed E-state index contributed by atoms with van der Waals surface area (Å²) in [6.45, 7) is 4.01. The molecule has 0 saturated carbocycles. The summed E-state index contributed by atoms with van der Waals surface area (Å²) in [5.41, 5.74) is -0.444. The lowest BCUT2D eigenvalue weighted by atomic mass is 9.91. The number of rotatable bonds is 7. The van der Waals surface area contributed by atoms with Gasteiger partial charge in [-0.05, 0) is 18.2 Å². The molecule has 0 bridgehead atoms. The number of esters is 1. The molecule has 1 aromatic rings. The number of halogens is 2. The van der Waals surface area contributed by atoms with Crippen LogP contribution in [0.5, 0.6) is 0 Å². The highest BCUT2D eigenvalue weighted by Gasteiger charge is 2.22. The van der Waals surface area contributed by atoms with Gasteiger partial charge in [-0.3, -0.25) is 19.2 Å². The first-order valence-corrected chi connectivity index (χ1v) is 8.45. The van der Waals surface area contributed by atoms with Crippen LogP contribution in [0.1, 0.15) is 31.1 Å². The molecule has 0 aliphatic rings. The SMILES string of the molecule is CC(C)(C)C(=O)COC(=O)CNC(=O)CNC(=O)c1ccc(Cl)cc1Cl. The fraction of sp³-hybridized carbons (Fsp3) is 0.412. The number of hydrogen-bond donors (Lipinski definition) is 2. The molecule has 1 aromatic carbocycles. The molecule has 2 amide bonds. The maximum Gasteiger partial charge on any atom is 0.325 e. The van der Waals surface area contributed by atoms with E-state index in [-0.39, 0.29) is 29.5 Å². The molecule has 2 N–H and O–H groups in total. The molecule has 0 spiro atoms. The van der Waals surface area contributed by atoms with Gasteiger partial charge in [0.1, 0.15) is 6.54 Å². The summed E-state index contributed by atoms with van der Waals surface area (Å²) in [4.78, 5) is 46.8. The second kappa shape index (κ2) is 9.54. The van der Waals surface area contributed by atoms with E-state index in [0.717, 1.165) is 0 Å². The van der Waals surface area contributed by atoms with Crippen LogP contribution in [0.25, 0.3) is 0 Å². The van der Waals surface area contributed by atoms with Gasteiger partial charge in [0.15, 0.2) is 12.4 Å². The van der Waals surface area contributed by atoms with Crippen molar-refractivity contribution < 1.29 is 23.9 Å². The minimum absolute atomic E-state index is 0.155. The Hall–Kier alpha value is -2.12. The summed E-state index contributed by atoms with van der Waals surface area (Å²) in [6, 6.07) is 4.34. The normalized spacial score (nSPS) is 10.8. The Kier molecular flexibility index (Phi) is 8.05. The summed E-state index contributed by atoms with van der Waals surface area (Å²) >= 11 is 11.6. The molecule has 0 radical (unpaired) electrons. The first-order chi connectivity index (χ1) is 12.0. The van der Waals surface area contributed by atoms with E-state index in [2.05, 4.69) is 10.6 Å². The van der Waals surface area contributed by atoms with Crippen molar-refractivity contribution in [1.82, 2.24) is 10.6 Å². The number of ether oxygens (including phenoxy) is 1. The Morgan fingerprint density at radius 2 is 1.69 bits per heavy atom. The number of nitrogens with one attached hydrogen (secondary N) is 2. The van der Waals surface area contributed by atoms with E-state index in [0.29, 0.717) is 5.02 Å². The van der Waals surface area contributed by atoms with Gasteiger partial charge in [-0.15, -0.1) is 0 Å². The molecule has 0 heterocycles. The van der Waals surface area contributed by atoms with Crippen LogP contribution in [0.15, 0.2) is 18.2 Å². The average molecular weight is 403 g/mol. The third kappa shape index (κ3) is 7.41. The highest BCUT2D eigenvalue weighted by Crippen LogP contribution is 2.20.